The monoisotopic (exact) mass is 645 g/mol. The number of ether oxygens (including phenoxy) is 2. The van der Waals surface area contributed by atoms with Gasteiger partial charge in [0.2, 0.25) is 11.8 Å². The normalized spacial score (nSPS) is 12.0. The van der Waals surface area contributed by atoms with Gasteiger partial charge < -0.3 is 19.7 Å². The Morgan fingerprint density at radius 3 is 2.22 bits per heavy atom. The van der Waals surface area contributed by atoms with Gasteiger partial charge in [-0.25, -0.2) is 8.42 Å². The van der Waals surface area contributed by atoms with E-state index >= 15 is 0 Å². The van der Waals surface area contributed by atoms with Gasteiger partial charge >= 0.3 is 0 Å². The van der Waals surface area contributed by atoms with Gasteiger partial charge in [0.05, 0.1) is 24.8 Å². The van der Waals surface area contributed by atoms with Crippen LogP contribution >= 0.6 is 15.9 Å². The molecule has 0 heterocycles. The lowest BCUT2D eigenvalue weighted by Crippen LogP contribution is -2.52. The third-order valence-electron chi connectivity index (χ3n) is 6.38. The summed E-state index contributed by atoms with van der Waals surface area (Å²) in [5, 5.41) is 2.84. The van der Waals surface area contributed by atoms with E-state index in [2.05, 4.69) is 21.2 Å². The predicted molar refractivity (Wildman–Crippen MR) is 163 cm³/mol. The first-order chi connectivity index (χ1) is 19.4. The summed E-state index contributed by atoms with van der Waals surface area (Å²) in [5.74, 6) is -0.307. The van der Waals surface area contributed by atoms with Gasteiger partial charge in [0.15, 0.2) is 0 Å². The number of hydrogen-bond acceptors (Lipinski definition) is 6. The fourth-order valence-corrected chi connectivity index (χ4v) is 6.03. The maximum atomic E-state index is 14.1. The summed E-state index contributed by atoms with van der Waals surface area (Å²) in [7, 11) is -1.38. The fourth-order valence-electron chi connectivity index (χ4n) is 4.16. The van der Waals surface area contributed by atoms with E-state index in [-0.39, 0.29) is 34.8 Å². The zero-order valence-corrected chi connectivity index (χ0v) is 26.5. The molecule has 41 heavy (non-hydrogen) atoms. The van der Waals surface area contributed by atoms with Crippen LogP contribution in [-0.4, -0.2) is 58.0 Å². The molecule has 2 amide bonds. The van der Waals surface area contributed by atoms with Gasteiger partial charge in [-0.05, 0) is 69.7 Å². The molecule has 1 atom stereocenters. The molecule has 0 bridgehead atoms. The third kappa shape index (κ3) is 8.01. The molecule has 0 unspecified atom stereocenters. The van der Waals surface area contributed by atoms with Crippen molar-refractivity contribution in [3.63, 3.8) is 0 Å². The van der Waals surface area contributed by atoms with Gasteiger partial charge in [0.1, 0.15) is 24.1 Å². The Bertz CT molecular complexity index is 1480. The number of hydrogen-bond donors (Lipinski definition) is 1. The number of anilines is 1. The van der Waals surface area contributed by atoms with Crippen LogP contribution in [0, 0.1) is 6.92 Å². The molecule has 9 nitrogen and oxygen atoms in total. The van der Waals surface area contributed by atoms with Gasteiger partial charge in [0.25, 0.3) is 10.0 Å². The molecule has 3 rings (SSSR count). The highest BCUT2D eigenvalue weighted by Crippen LogP contribution is 2.36. The van der Waals surface area contributed by atoms with Crippen LogP contribution in [0.15, 0.2) is 76.1 Å². The predicted octanol–water partition coefficient (Wildman–Crippen LogP) is 4.91. The van der Waals surface area contributed by atoms with E-state index in [1.807, 2.05) is 45.0 Å². The molecule has 3 aromatic rings. The number of sulfonamides is 1. The third-order valence-corrected chi connectivity index (χ3v) is 8.65. The SMILES string of the molecule is COc1ccc(OC)c(N(CC(=O)N(Cc2cccc(Br)c2)[C@H](C)C(=O)NC(C)C)S(=O)(=O)c2ccc(C)cc2)c1. The van der Waals surface area contributed by atoms with Crippen molar-refractivity contribution < 1.29 is 27.5 Å². The van der Waals surface area contributed by atoms with Crippen LogP contribution in [0.3, 0.4) is 0 Å². The number of halogens is 1. The Hall–Kier alpha value is -3.57. The number of benzene rings is 3. The van der Waals surface area contributed by atoms with Crippen LogP contribution in [0.4, 0.5) is 5.69 Å². The van der Waals surface area contributed by atoms with Crippen LogP contribution in [0.1, 0.15) is 31.9 Å². The number of carbonyl (C=O) groups is 2. The fraction of sp³-hybridized carbons (Fsp3) is 0.333. The van der Waals surface area contributed by atoms with Crippen molar-refractivity contribution in [3.05, 3.63) is 82.3 Å². The van der Waals surface area contributed by atoms with Crippen LogP contribution < -0.4 is 19.1 Å². The highest BCUT2D eigenvalue weighted by molar-refractivity contribution is 9.10. The molecule has 0 fully saturated rings. The molecular formula is C30H36BrN3O6S. The van der Waals surface area contributed by atoms with E-state index in [9.17, 15) is 18.0 Å². The van der Waals surface area contributed by atoms with E-state index < -0.39 is 28.5 Å². The van der Waals surface area contributed by atoms with Crippen molar-refractivity contribution in [3.8, 4) is 11.5 Å². The van der Waals surface area contributed by atoms with Crippen LogP contribution in [0.25, 0.3) is 0 Å². The van der Waals surface area contributed by atoms with Crippen molar-refractivity contribution in [2.45, 2.75) is 51.2 Å². The van der Waals surface area contributed by atoms with E-state index in [1.54, 1.807) is 31.2 Å². The zero-order valence-electron chi connectivity index (χ0n) is 24.0. The molecule has 0 saturated heterocycles. The molecule has 0 aromatic heterocycles. The highest BCUT2D eigenvalue weighted by Gasteiger charge is 2.34. The number of amides is 2. The highest BCUT2D eigenvalue weighted by atomic mass is 79.9. The average Bonchev–Trinajstić information content (AvgIpc) is 2.93. The first kappa shape index (κ1) is 32.0. The molecule has 11 heteroatoms. The van der Waals surface area contributed by atoms with Crippen molar-refractivity contribution in [1.29, 1.82) is 0 Å². The van der Waals surface area contributed by atoms with E-state index in [4.69, 9.17) is 9.47 Å². The second kappa shape index (κ2) is 13.9. The quantitative estimate of drug-likeness (QED) is 0.300. The molecule has 220 valence electrons. The van der Waals surface area contributed by atoms with Crippen LogP contribution in [0.2, 0.25) is 0 Å². The Morgan fingerprint density at radius 1 is 0.951 bits per heavy atom. The Kier molecular flexibility index (Phi) is 10.8. The molecule has 0 aliphatic carbocycles. The summed E-state index contributed by atoms with van der Waals surface area (Å²) in [6.07, 6.45) is 0. The molecule has 0 aliphatic rings. The largest absolute Gasteiger partial charge is 0.497 e. The second-order valence-electron chi connectivity index (χ2n) is 9.85. The Balaban J connectivity index is 2.13. The Morgan fingerprint density at radius 2 is 1.63 bits per heavy atom. The molecule has 0 spiro atoms. The lowest BCUT2D eigenvalue weighted by molar-refractivity contribution is -0.139. The summed E-state index contributed by atoms with van der Waals surface area (Å²) in [6, 6.07) is 17.4. The van der Waals surface area contributed by atoms with Crippen LogP contribution in [0.5, 0.6) is 11.5 Å². The van der Waals surface area contributed by atoms with Crippen LogP contribution in [-0.2, 0) is 26.2 Å². The van der Waals surface area contributed by atoms with Gasteiger partial charge in [-0.2, -0.15) is 0 Å². The smallest absolute Gasteiger partial charge is 0.264 e. The molecular weight excluding hydrogens is 610 g/mol. The molecule has 3 aromatic carbocycles. The maximum absolute atomic E-state index is 14.1. The summed E-state index contributed by atoms with van der Waals surface area (Å²) < 4.78 is 40.9. The van der Waals surface area contributed by atoms with E-state index in [0.717, 1.165) is 19.9 Å². The van der Waals surface area contributed by atoms with Crippen molar-refractivity contribution in [2.75, 3.05) is 25.1 Å². The summed E-state index contributed by atoms with van der Waals surface area (Å²) in [6.45, 7) is 6.63. The number of nitrogens with zero attached hydrogens (tertiary/aromatic N) is 2. The summed E-state index contributed by atoms with van der Waals surface area (Å²) in [5.41, 5.74) is 1.78. The molecule has 0 saturated carbocycles. The number of methoxy groups -OCH3 is 2. The second-order valence-corrected chi connectivity index (χ2v) is 12.6. The summed E-state index contributed by atoms with van der Waals surface area (Å²) in [4.78, 5) is 28.5. The zero-order chi connectivity index (χ0) is 30.3. The molecule has 0 aliphatic heterocycles. The first-order valence-electron chi connectivity index (χ1n) is 13.0. The topological polar surface area (TPSA) is 105 Å². The minimum Gasteiger partial charge on any atom is -0.497 e. The standard InChI is InChI=1S/C30H36BrN3O6S/c1-20(2)32-30(36)22(4)33(18-23-8-7-9-24(31)16-23)29(35)19-34(27-17-25(39-5)12-15-28(27)40-6)41(37,38)26-13-10-21(3)11-14-26/h7-17,20,22H,18-19H2,1-6H3,(H,32,36)/t22-/m1/s1. The minimum absolute atomic E-state index is 0.00455. The molecule has 1 N–H and O–H groups in total. The van der Waals surface area contributed by atoms with E-state index in [1.165, 1.54) is 37.3 Å². The minimum atomic E-state index is -4.26. The maximum Gasteiger partial charge on any atom is 0.264 e. The number of nitrogens with one attached hydrogen (secondary N) is 1. The van der Waals surface area contributed by atoms with Crippen molar-refractivity contribution >= 4 is 43.5 Å². The average molecular weight is 647 g/mol. The van der Waals surface area contributed by atoms with Crippen molar-refractivity contribution in [1.82, 2.24) is 10.2 Å². The van der Waals surface area contributed by atoms with Gasteiger partial charge in [-0.15, -0.1) is 0 Å². The van der Waals surface area contributed by atoms with E-state index in [0.29, 0.717) is 5.75 Å². The van der Waals surface area contributed by atoms with Crippen molar-refractivity contribution in [2.24, 2.45) is 0 Å². The molecule has 0 radical (unpaired) electrons. The number of rotatable bonds is 12. The van der Waals surface area contributed by atoms with Gasteiger partial charge in [0, 0.05) is 23.1 Å². The number of carbonyl (C=O) groups excluding carboxylic acids is 2. The summed E-state index contributed by atoms with van der Waals surface area (Å²) >= 11 is 3.45. The lowest BCUT2D eigenvalue weighted by atomic mass is 10.1. The first-order valence-corrected chi connectivity index (χ1v) is 15.3. The Labute approximate surface area is 250 Å². The van der Waals surface area contributed by atoms with Gasteiger partial charge in [-0.1, -0.05) is 45.8 Å². The number of aryl methyl sites for hydroxylation is 1. The van der Waals surface area contributed by atoms with Gasteiger partial charge in [-0.3, -0.25) is 13.9 Å². The lowest BCUT2D eigenvalue weighted by Gasteiger charge is -2.32.